The highest BCUT2D eigenvalue weighted by Crippen LogP contribution is 2.44. The highest BCUT2D eigenvalue weighted by Gasteiger charge is 2.44. The average molecular weight is 247 g/mol. The molecule has 0 aromatic carbocycles. The molecule has 1 aliphatic carbocycles. The molecule has 0 unspecified atom stereocenters. The van der Waals surface area contributed by atoms with Crippen LogP contribution in [0.3, 0.4) is 0 Å². The van der Waals surface area contributed by atoms with E-state index in [1.807, 2.05) is 26.0 Å². The molecule has 0 fully saturated rings. The van der Waals surface area contributed by atoms with Crippen LogP contribution >= 0.6 is 0 Å². The molecule has 1 aromatic rings. The lowest BCUT2D eigenvalue weighted by Gasteiger charge is -2.29. The van der Waals surface area contributed by atoms with Gasteiger partial charge in [0.1, 0.15) is 0 Å². The third kappa shape index (κ3) is 1.78. The van der Waals surface area contributed by atoms with Crippen LogP contribution in [0.4, 0.5) is 0 Å². The fourth-order valence-corrected chi connectivity index (χ4v) is 2.98. The van der Waals surface area contributed by atoms with Crippen LogP contribution in [-0.2, 0) is 4.79 Å². The number of hydrogen-bond acceptors (Lipinski definition) is 1. The Morgan fingerprint density at radius 1 is 1.39 bits per heavy atom. The van der Waals surface area contributed by atoms with Crippen molar-refractivity contribution in [3.05, 3.63) is 35.7 Å². The first kappa shape index (κ1) is 12.9. The summed E-state index contributed by atoms with van der Waals surface area (Å²) in [5.74, 6) is -0.605. The summed E-state index contributed by atoms with van der Waals surface area (Å²) in [5.41, 5.74) is 1.66. The molecular formula is C15H21NO2. The predicted molar refractivity (Wildman–Crippen MR) is 71.6 cm³/mol. The van der Waals surface area contributed by atoms with E-state index >= 15 is 0 Å². The molecule has 1 aliphatic rings. The van der Waals surface area contributed by atoms with Crippen LogP contribution in [0.2, 0.25) is 0 Å². The summed E-state index contributed by atoms with van der Waals surface area (Å²) in [7, 11) is 0. The monoisotopic (exact) mass is 247 g/mol. The van der Waals surface area contributed by atoms with Crippen molar-refractivity contribution in [2.24, 2.45) is 11.3 Å². The molecule has 0 bridgehead atoms. The summed E-state index contributed by atoms with van der Waals surface area (Å²) < 4.78 is 2.23. The van der Waals surface area contributed by atoms with Gasteiger partial charge in [-0.3, -0.25) is 4.79 Å². The fourth-order valence-electron chi connectivity index (χ4n) is 2.98. The van der Waals surface area contributed by atoms with Gasteiger partial charge in [0.25, 0.3) is 0 Å². The first-order valence-electron chi connectivity index (χ1n) is 6.45. The Hall–Kier alpha value is -1.51. The number of nitrogens with zero attached hydrogens (tertiary/aromatic N) is 1. The van der Waals surface area contributed by atoms with Gasteiger partial charge in [-0.05, 0) is 38.3 Å². The molecule has 0 aliphatic heterocycles. The third-order valence-electron chi connectivity index (χ3n) is 4.25. The number of allylic oxidation sites excluding steroid dienone is 1. The molecular weight excluding hydrogens is 226 g/mol. The minimum atomic E-state index is -0.714. The maximum Gasteiger partial charge on any atom is 0.313 e. The maximum atomic E-state index is 11.6. The topological polar surface area (TPSA) is 42.2 Å². The van der Waals surface area contributed by atoms with E-state index in [0.29, 0.717) is 6.42 Å². The molecule has 2 atom stereocenters. The van der Waals surface area contributed by atoms with Gasteiger partial charge < -0.3 is 9.67 Å². The van der Waals surface area contributed by atoms with Crippen molar-refractivity contribution >= 4 is 5.97 Å². The Morgan fingerprint density at radius 2 is 1.94 bits per heavy atom. The van der Waals surface area contributed by atoms with E-state index in [2.05, 4.69) is 30.5 Å². The van der Waals surface area contributed by atoms with Crippen molar-refractivity contribution in [2.45, 2.75) is 40.2 Å². The molecule has 98 valence electrons. The SMILES string of the molecule is Cc1ccc(C)n1[C@@H]1C=C[C@@](C(=O)O)(C(C)C)C1. The molecule has 3 nitrogen and oxygen atoms in total. The Balaban J connectivity index is 2.34. The van der Waals surface area contributed by atoms with Gasteiger partial charge in [0.2, 0.25) is 0 Å². The molecule has 0 saturated carbocycles. The van der Waals surface area contributed by atoms with Crippen molar-refractivity contribution in [2.75, 3.05) is 0 Å². The summed E-state index contributed by atoms with van der Waals surface area (Å²) >= 11 is 0. The van der Waals surface area contributed by atoms with Crippen LogP contribution in [0.25, 0.3) is 0 Å². The van der Waals surface area contributed by atoms with Crippen molar-refractivity contribution in [3.8, 4) is 0 Å². The zero-order valence-electron chi connectivity index (χ0n) is 11.5. The number of carboxylic acids is 1. The number of carboxylic acid groups (broad SMARTS) is 1. The zero-order chi connectivity index (χ0) is 13.5. The first-order valence-corrected chi connectivity index (χ1v) is 6.45. The molecule has 1 heterocycles. The molecule has 18 heavy (non-hydrogen) atoms. The number of rotatable bonds is 3. The maximum absolute atomic E-state index is 11.6. The Morgan fingerprint density at radius 3 is 2.33 bits per heavy atom. The second-order valence-electron chi connectivity index (χ2n) is 5.62. The van der Waals surface area contributed by atoms with Crippen molar-refractivity contribution in [1.29, 1.82) is 0 Å². The highest BCUT2D eigenvalue weighted by molar-refractivity contribution is 5.78. The minimum absolute atomic E-state index is 0.104. The van der Waals surface area contributed by atoms with E-state index in [0.717, 1.165) is 0 Å². The van der Waals surface area contributed by atoms with E-state index in [-0.39, 0.29) is 12.0 Å². The molecule has 0 radical (unpaired) electrons. The lowest BCUT2D eigenvalue weighted by atomic mass is 9.76. The van der Waals surface area contributed by atoms with Crippen LogP contribution in [0.1, 0.15) is 37.7 Å². The van der Waals surface area contributed by atoms with Crippen LogP contribution in [0.15, 0.2) is 24.3 Å². The Bertz CT molecular complexity index is 479. The van der Waals surface area contributed by atoms with Crippen molar-refractivity contribution < 1.29 is 9.90 Å². The number of carbonyl (C=O) groups is 1. The van der Waals surface area contributed by atoms with E-state index in [1.165, 1.54) is 11.4 Å². The molecule has 3 heteroatoms. The van der Waals surface area contributed by atoms with Gasteiger partial charge in [0, 0.05) is 11.4 Å². The number of aromatic nitrogens is 1. The molecule has 0 amide bonds. The molecule has 0 spiro atoms. The van der Waals surface area contributed by atoms with E-state index in [9.17, 15) is 9.90 Å². The third-order valence-corrected chi connectivity index (χ3v) is 4.25. The summed E-state index contributed by atoms with van der Waals surface area (Å²) in [6, 6.07) is 4.33. The van der Waals surface area contributed by atoms with Crippen molar-refractivity contribution in [3.63, 3.8) is 0 Å². The summed E-state index contributed by atoms with van der Waals surface area (Å²) in [6.45, 7) is 8.10. The molecule has 1 aromatic heterocycles. The summed E-state index contributed by atoms with van der Waals surface area (Å²) in [5, 5.41) is 9.53. The normalized spacial score (nSPS) is 27.1. The van der Waals surface area contributed by atoms with E-state index in [4.69, 9.17) is 0 Å². The van der Waals surface area contributed by atoms with E-state index in [1.54, 1.807) is 0 Å². The second kappa shape index (κ2) is 4.30. The van der Waals surface area contributed by atoms with E-state index < -0.39 is 11.4 Å². The molecule has 0 saturated heterocycles. The number of aryl methyl sites for hydroxylation is 2. The van der Waals surface area contributed by atoms with Gasteiger partial charge >= 0.3 is 5.97 Å². The predicted octanol–water partition coefficient (Wildman–Crippen LogP) is 3.33. The minimum Gasteiger partial charge on any atom is -0.481 e. The van der Waals surface area contributed by atoms with Gasteiger partial charge in [-0.25, -0.2) is 0 Å². The summed E-state index contributed by atoms with van der Waals surface area (Å²) in [4.78, 5) is 11.6. The average Bonchev–Trinajstić information content (AvgIpc) is 2.84. The van der Waals surface area contributed by atoms with Crippen LogP contribution < -0.4 is 0 Å². The van der Waals surface area contributed by atoms with Crippen LogP contribution in [0.5, 0.6) is 0 Å². The largest absolute Gasteiger partial charge is 0.481 e. The molecule has 1 N–H and O–H groups in total. The Kier molecular flexibility index (Phi) is 3.09. The van der Waals surface area contributed by atoms with Gasteiger partial charge in [-0.15, -0.1) is 0 Å². The summed E-state index contributed by atoms with van der Waals surface area (Å²) in [6.07, 6.45) is 4.59. The van der Waals surface area contributed by atoms with Gasteiger partial charge in [0.15, 0.2) is 0 Å². The fraction of sp³-hybridized carbons (Fsp3) is 0.533. The van der Waals surface area contributed by atoms with Gasteiger partial charge in [-0.2, -0.15) is 0 Å². The lowest BCUT2D eigenvalue weighted by molar-refractivity contribution is -0.148. The van der Waals surface area contributed by atoms with Crippen LogP contribution in [-0.4, -0.2) is 15.6 Å². The van der Waals surface area contributed by atoms with Gasteiger partial charge in [-0.1, -0.05) is 26.0 Å². The Labute approximate surface area is 108 Å². The lowest BCUT2D eigenvalue weighted by Crippen LogP contribution is -2.33. The standard InChI is InChI=1S/C15H21NO2/c1-10(2)15(14(17)18)8-7-13(9-15)16-11(3)5-6-12(16)4/h5-8,10,13H,9H2,1-4H3,(H,17,18)/t13-,15+/m1/s1. The smallest absolute Gasteiger partial charge is 0.313 e. The molecule has 2 rings (SSSR count). The first-order chi connectivity index (χ1) is 8.38. The van der Waals surface area contributed by atoms with Gasteiger partial charge in [0.05, 0.1) is 11.5 Å². The van der Waals surface area contributed by atoms with Crippen molar-refractivity contribution in [1.82, 2.24) is 4.57 Å². The zero-order valence-corrected chi connectivity index (χ0v) is 11.5. The number of aliphatic carboxylic acids is 1. The highest BCUT2D eigenvalue weighted by atomic mass is 16.4. The number of hydrogen-bond donors (Lipinski definition) is 1. The van der Waals surface area contributed by atoms with Crippen LogP contribution in [0, 0.1) is 25.2 Å². The second-order valence-corrected chi connectivity index (χ2v) is 5.62. The quantitative estimate of drug-likeness (QED) is 0.832.